The second-order valence-electron chi connectivity index (χ2n) is 7.00. The summed E-state index contributed by atoms with van der Waals surface area (Å²) in [6, 6.07) is 2.08. The number of aryl methyl sites for hydroxylation is 2. The number of piperazine rings is 1. The first-order valence-corrected chi connectivity index (χ1v) is 9.26. The van der Waals surface area contributed by atoms with Gasteiger partial charge in [-0.2, -0.15) is 5.10 Å². The molecule has 142 valence electrons. The molecule has 0 N–H and O–H groups in total. The van der Waals surface area contributed by atoms with Gasteiger partial charge >= 0.3 is 0 Å². The summed E-state index contributed by atoms with van der Waals surface area (Å²) in [6.07, 6.45) is 11.0. The molecule has 28 heavy (non-hydrogen) atoms. The van der Waals surface area contributed by atoms with Gasteiger partial charge in [0.05, 0.1) is 29.7 Å². The highest BCUT2D eigenvalue weighted by Gasteiger charge is 2.22. The summed E-state index contributed by atoms with van der Waals surface area (Å²) in [6.45, 7) is 3.48. The molecule has 9 heteroatoms. The van der Waals surface area contributed by atoms with Crippen LogP contribution in [0.5, 0.6) is 0 Å². The van der Waals surface area contributed by atoms with E-state index in [1.165, 1.54) is 0 Å². The maximum atomic E-state index is 4.79. The zero-order valence-electron chi connectivity index (χ0n) is 15.9. The standard InChI is InChI=1S/C19H21N9/c1-25-4-3-15-18(25)21-13-22-19(15)28-7-5-27(6-8-28)17-11-20-10-16(24-17)14-9-23-26(2)12-14/h3-4,9-13H,5-8H2,1-2H3. The Labute approximate surface area is 162 Å². The first kappa shape index (κ1) is 16.7. The maximum Gasteiger partial charge on any atom is 0.147 e. The average molecular weight is 375 g/mol. The number of hydrogen-bond acceptors (Lipinski definition) is 7. The molecule has 0 bridgehead atoms. The first-order chi connectivity index (χ1) is 13.7. The van der Waals surface area contributed by atoms with Crippen molar-refractivity contribution < 1.29 is 0 Å². The van der Waals surface area contributed by atoms with E-state index >= 15 is 0 Å². The van der Waals surface area contributed by atoms with Crippen molar-refractivity contribution in [2.24, 2.45) is 14.1 Å². The molecule has 0 spiro atoms. The van der Waals surface area contributed by atoms with Crippen LogP contribution in [0.3, 0.4) is 0 Å². The van der Waals surface area contributed by atoms with Crippen LogP contribution < -0.4 is 9.80 Å². The predicted molar refractivity (Wildman–Crippen MR) is 107 cm³/mol. The molecule has 0 amide bonds. The molecule has 4 aromatic heterocycles. The molecule has 5 rings (SSSR count). The topological polar surface area (TPSA) is 80.8 Å². The molecule has 4 aromatic rings. The summed E-state index contributed by atoms with van der Waals surface area (Å²) in [4.78, 5) is 22.7. The van der Waals surface area contributed by atoms with E-state index in [2.05, 4.69) is 35.9 Å². The van der Waals surface area contributed by atoms with Gasteiger partial charge < -0.3 is 14.4 Å². The average Bonchev–Trinajstić information content (AvgIpc) is 3.34. The number of fused-ring (bicyclic) bond motifs is 1. The number of anilines is 2. The van der Waals surface area contributed by atoms with E-state index < -0.39 is 0 Å². The van der Waals surface area contributed by atoms with Crippen molar-refractivity contribution in [3.63, 3.8) is 0 Å². The van der Waals surface area contributed by atoms with Crippen LogP contribution in [0.2, 0.25) is 0 Å². The highest BCUT2D eigenvalue weighted by Crippen LogP contribution is 2.25. The van der Waals surface area contributed by atoms with Gasteiger partial charge in [-0.3, -0.25) is 9.67 Å². The van der Waals surface area contributed by atoms with Crippen LogP contribution in [0.1, 0.15) is 0 Å². The number of hydrogen-bond donors (Lipinski definition) is 0. The summed E-state index contributed by atoms with van der Waals surface area (Å²) in [5.41, 5.74) is 2.78. The van der Waals surface area contributed by atoms with E-state index in [-0.39, 0.29) is 0 Å². The third-order valence-corrected chi connectivity index (χ3v) is 5.17. The molecule has 0 aliphatic carbocycles. The molecule has 5 heterocycles. The summed E-state index contributed by atoms with van der Waals surface area (Å²) in [7, 11) is 3.90. The normalized spacial score (nSPS) is 14.8. The van der Waals surface area contributed by atoms with E-state index in [0.29, 0.717) is 0 Å². The van der Waals surface area contributed by atoms with Crippen molar-refractivity contribution in [3.8, 4) is 11.3 Å². The smallest absolute Gasteiger partial charge is 0.147 e. The third kappa shape index (κ3) is 2.84. The van der Waals surface area contributed by atoms with Gasteiger partial charge in [0.2, 0.25) is 0 Å². The number of aromatic nitrogens is 7. The van der Waals surface area contributed by atoms with Crippen molar-refractivity contribution in [2.45, 2.75) is 0 Å². The van der Waals surface area contributed by atoms with Crippen LogP contribution in [0.15, 0.2) is 43.4 Å². The van der Waals surface area contributed by atoms with E-state index in [1.807, 2.05) is 43.4 Å². The minimum Gasteiger partial charge on any atom is -0.352 e. The van der Waals surface area contributed by atoms with E-state index in [0.717, 1.165) is 60.1 Å². The summed E-state index contributed by atoms with van der Waals surface area (Å²) < 4.78 is 3.80. The first-order valence-electron chi connectivity index (χ1n) is 9.26. The summed E-state index contributed by atoms with van der Waals surface area (Å²) in [5.74, 6) is 1.90. The minimum absolute atomic E-state index is 0.842. The molecule has 9 nitrogen and oxygen atoms in total. The number of nitrogens with zero attached hydrogens (tertiary/aromatic N) is 9. The Morgan fingerprint density at radius 3 is 2.54 bits per heavy atom. The zero-order chi connectivity index (χ0) is 19.1. The lowest BCUT2D eigenvalue weighted by Crippen LogP contribution is -2.47. The largest absolute Gasteiger partial charge is 0.352 e. The fourth-order valence-electron chi connectivity index (χ4n) is 3.66. The molecule has 1 aliphatic rings. The van der Waals surface area contributed by atoms with E-state index in [9.17, 15) is 0 Å². The molecule has 0 aromatic carbocycles. The highest BCUT2D eigenvalue weighted by atomic mass is 15.3. The second kappa shape index (κ2) is 6.59. The quantitative estimate of drug-likeness (QED) is 0.537. The van der Waals surface area contributed by atoms with E-state index in [4.69, 9.17) is 4.98 Å². The lowest BCUT2D eigenvalue weighted by Gasteiger charge is -2.36. The Kier molecular flexibility index (Phi) is 3.92. The van der Waals surface area contributed by atoms with Gasteiger partial charge in [0.1, 0.15) is 23.6 Å². The van der Waals surface area contributed by atoms with Crippen LogP contribution >= 0.6 is 0 Å². The Morgan fingerprint density at radius 1 is 0.929 bits per heavy atom. The van der Waals surface area contributed by atoms with Crippen LogP contribution in [0.25, 0.3) is 22.3 Å². The minimum atomic E-state index is 0.842. The Morgan fingerprint density at radius 2 is 1.75 bits per heavy atom. The van der Waals surface area contributed by atoms with Gasteiger partial charge in [-0.05, 0) is 6.07 Å². The van der Waals surface area contributed by atoms with Crippen LogP contribution in [0, 0.1) is 0 Å². The molecule has 0 unspecified atom stereocenters. The molecular weight excluding hydrogens is 354 g/mol. The Balaban J connectivity index is 1.35. The molecule has 0 saturated carbocycles. The summed E-state index contributed by atoms with van der Waals surface area (Å²) in [5, 5.41) is 5.31. The van der Waals surface area contributed by atoms with Gasteiger partial charge in [-0.25, -0.2) is 15.0 Å². The summed E-state index contributed by atoms with van der Waals surface area (Å²) >= 11 is 0. The Bertz CT molecular complexity index is 1120. The fourth-order valence-corrected chi connectivity index (χ4v) is 3.66. The van der Waals surface area contributed by atoms with Gasteiger partial charge in [0, 0.05) is 58.2 Å². The van der Waals surface area contributed by atoms with Crippen LogP contribution in [-0.4, -0.2) is 60.5 Å². The zero-order valence-corrected chi connectivity index (χ0v) is 15.9. The molecular formula is C19H21N9. The van der Waals surface area contributed by atoms with Gasteiger partial charge in [-0.1, -0.05) is 0 Å². The predicted octanol–water partition coefficient (Wildman–Crippen LogP) is 1.49. The monoisotopic (exact) mass is 375 g/mol. The second-order valence-corrected chi connectivity index (χ2v) is 7.00. The van der Waals surface area contributed by atoms with Crippen molar-refractivity contribution >= 4 is 22.7 Å². The van der Waals surface area contributed by atoms with Crippen molar-refractivity contribution in [1.29, 1.82) is 0 Å². The van der Waals surface area contributed by atoms with Crippen molar-refractivity contribution in [1.82, 2.24) is 34.3 Å². The van der Waals surface area contributed by atoms with Gasteiger partial charge in [0.15, 0.2) is 0 Å². The van der Waals surface area contributed by atoms with Crippen molar-refractivity contribution in [2.75, 3.05) is 36.0 Å². The lowest BCUT2D eigenvalue weighted by molar-refractivity contribution is 0.642. The van der Waals surface area contributed by atoms with Crippen LogP contribution in [0.4, 0.5) is 11.6 Å². The third-order valence-electron chi connectivity index (χ3n) is 5.17. The molecule has 1 aliphatic heterocycles. The SMILES string of the molecule is Cn1cc(-c2cncc(N3CCN(c4ncnc5c4ccn5C)CC3)n2)cn1. The number of rotatable bonds is 3. The highest BCUT2D eigenvalue weighted by molar-refractivity contribution is 5.87. The molecule has 0 atom stereocenters. The van der Waals surface area contributed by atoms with Gasteiger partial charge in [-0.15, -0.1) is 0 Å². The maximum absolute atomic E-state index is 4.79. The molecule has 0 radical (unpaired) electrons. The van der Waals surface area contributed by atoms with Crippen molar-refractivity contribution in [3.05, 3.63) is 43.4 Å². The molecule has 1 saturated heterocycles. The van der Waals surface area contributed by atoms with Crippen LogP contribution in [-0.2, 0) is 14.1 Å². The molecule has 1 fully saturated rings. The lowest BCUT2D eigenvalue weighted by atomic mass is 10.2. The van der Waals surface area contributed by atoms with E-state index in [1.54, 1.807) is 17.2 Å². The fraction of sp³-hybridized carbons (Fsp3) is 0.316. The Hall–Kier alpha value is -3.49. The van der Waals surface area contributed by atoms with Gasteiger partial charge in [0.25, 0.3) is 0 Å².